The first-order chi connectivity index (χ1) is 14.7. The van der Waals surface area contributed by atoms with Gasteiger partial charge in [-0.2, -0.15) is 10.1 Å². The Hall–Kier alpha value is -3.33. The summed E-state index contributed by atoms with van der Waals surface area (Å²) in [6.07, 6.45) is 5.35. The second-order valence-corrected chi connectivity index (χ2v) is 7.40. The highest BCUT2D eigenvalue weighted by molar-refractivity contribution is 5.92. The van der Waals surface area contributed by atoms with E-state index in [1.165, 1.54) is 0 Å². The van der Waals surface area contributed by atoms with Gasteiger partial charge < -0.3 is 19.5 Å². The van der Waals surface area contributed by atoms with E-state index in [0.717, 1.165) is 31.6 Å². The standard InChI is InChI=1S/C21H23N5O4/c27-20(23-15-1-2-17-18(13-15)29-12-11-28-17)14-25-8-4-16(5-9-25)30-21-6-10-26-19(24-21)3-7-22-26/h1-3,6-7,10,13,16H,4-5,8-9,11-12,14H2,(H,23,27). The van der Waals surface area contributed by atoms with Crippen molar-refractivity contribution in [2.24, 2.45) is 0 Å². The smallest absolute Gasteiger partial charge is 0.238 e. The van der Waals surface area contributed by atoms with Crippen LogP contribution in [0.5, 0.6) is 17.4 Å². The third-order valence-electron chi connectivity index (χ3n) is 5.25. The molecule has 1 fully saturated rings. The van der Waals surface area contributed by atoms with Crippen LogP contribution >= 0.6 is 0 Å². The van der Waals surface area contributed by atoms with Crippen LogP contribution in [0.1, 0.15) is 12.8 Å². The number of anilines is 1. The molecule has 1 amide bonds. The first-order valence-electron chi connectivity index (χ1n) is 10.1. The Morgan fingerprint density at radius 1 is 1.13 bits per heavy atom. The van der Waals surface area contributed by atoms with E-state index >= 15 is 0 Å². The van der Waals surface area contributed by atoms with Crippen molar-refractivity contribution in [2.45, 2.75) is 18.9 Å². The first-order valence-corrected chi connectivity index (χ1v) is 10.1. The van der Waals surface area contributed by atoms with Gasteiger partial charge in [0.1, 0.15) is 19.3 Å². The number of amides is 1. The third kappa shape index (κ3) is 4.16. The minimum atomic E-state index is -0.0427. The second kappa shape index (κ2) is 8.19. The summed E-state index contributed by atoms with van der Waals surface area (Å²) in [5.41, 5.74) is 1.48. The number of carbonyl (C=O) groups is 1. The summed E-state index contributed by atoms with van der Waals surface area (Å²) in [7, 11) is 0. The SMILES string of the molecule is O=C(CN1CCC(Oc2ccn3nccc3n2)CC1)Nc1ccc2c(c1)OCCO2. The van der Waals surface area contributed by atoms with Gasteiger partial charge in [-0.05, 0) is 25.0 Å². The molecule has 4 heterocycles. The summed E-state index contributed by atoms with van der Waals surface area (Å²) in [5.74, 6) is 1.94. The maximum atomic E-state index is 12.4. The molecule has 9 heteroatoms. The number of fused-ring (bicyclic) bond motifs is 2. The molecule has 30 heavy (non-hydrogen) atoms. The van der Waals surface area contributed by atoms with E-state index in [2.05, 4.69) is 20.3 Å². The van der Waals surface area contributed by atoms with Gasteiger partial charge in [-0.25, -0.2) is 4.52 Å². The van der Waals surface area contributed by atoms with E-state index in [9.17, 15) is 4.79 Å². The first kappa shape index (κ1) is 18.7. The molecular formula is C21H23N5O4. The van der Waals surface area contributed by atoms with Gasteiger partial charge in [0.15, 0.2) is 17.1 Å². The van der Waals surface area contributed by atoms with E-state index in [1.54, 1.807) is 16.8 Å². The molecule has 0 bridgehead atoms. The van der Waals surface area contributed by atoms with Crippen molar-refractivity contribution in [1.82, 2.24) is 19.5 Å². The summed E-state index contributed by atoms with van der Waals surface area (Å²) in [5, 5.41) is 7.08. The lowest BCUT2D eigenvalue weighted by Gasteiger charge is -2.31. The van der Waals surface area contributed by atoms with E-state index in [-0.39, 0.29) is 12.0 Å². The summed E-state index contributed by atoms with van der Waals surface area (Å²) in [4.78, 5) is 19.0. The molecule has 0 atom stereocenters. The number of hydrogen-bond donors (Lipinski definition) is 1. The Morgan fingerprint density at radius 3 is 2.83 bits per heavy atom. The van der Waals surface area contributed by atoms with Gasteiger partial charge in [-0.1, -0.05) is 0 Å². The summed E-state index contributed by atoms with van der Waals surface area (Å²) in [6, 6.07) is 9.12. The molecule has 0 saturated carbocycles. The molecule has 2 aromatic heterocycles. The molecule has 0 radical (unpaired) electrons. The number of likely N-dealkylation sites (tertiary alicyclic amines) is 1. The predicted octanol–water partition coefficient (Wildman–Crippen LogP) is 1.98. The molecule has 0 aliphatic carbocycles. The molecule has 9 nitrogen and oxygen atoms in total. The topological polar surface area (TPSA) is 90.2 Å². The van der Waals surface area contributed by atoms with E-state index in [4.69, 9.17) is 14.2 Å². The summed E-state index contributed by atoms with van der Waals surface area (Å²) >= 11 is 0. The minimum Gasteiger partial charge on any atom is -0.486 e. The van der Waals surface area contributed by atoms with Crippen LogP contribution in [0, 0.1) is 0 Å². The number of rotatable bonds is 5. The average Bonchev–Trinajstić information content (AvgIpc) is 3.23. The fraction of sp³-hybridized carbons (Fsp3) is 0.381. The number of hydrogen-bond acceptors (Lipinski definition) is 7. The van der Waals surface area contributed by atoms with E-state index in [0.29, 0.717) is 42.8 Å². The molecule has 0 unspecified atom stereocenters. The molecule has 1 N–H and O–H groups in total. The molecule has 1 saturated heterocycles. The fourth-order valence-electron chi connectivity index (χ4n) is 3.74. The van der Waals surface area contributed by atoms with Crippen LogP contribution in [0.4, 0.5) is 5.69 Å². The molecule has 3 aromatic rings. The van der Waals surface area contributed by atoms with Gasteiger partial charge in [0, 0.05) is 43.2 Å². The van der Waals surface area contributed by atoms with Crippen LogP contribution in [0.15, 0.2) is 42.7 Å². The Labute approximate surface area is 173 Å². The maximum absolute atomic E-state index is 12.4. The van der Waals surface area contributed by atoms with Gasteiger partial charge in [-0.15, -0.1) is 0 Å². The van der Waals surface area contributed by atoms with Crippen LogP contribution in [-0.4, -0.2) is 64.4 Å². The molecule has 2 aliphatic rings. The van der Waals surface area contributed by atoms with Gasteiger partial charge in [-0.3, -0.25) is 9.69 Å². The van der Waals surface area contributed by atoms with Crippen molar-refractivity contribution in [1.29, 1.82) is 0 Å². The lowest BCUT2D eigenvalue weighted by Crippen LogP contribution is -2.42. The lowest BCUT2D eigenvalue weighted by atomic mass is 10.1. The van der Waals surface area contributed by atoms with Gasteiger partial charge in [0.2, 0.25) is 11.8 Å². The van der Waals surface area contributed by atoms with Crippen LogP contribution in [0.25, 0.3) is 5.65 Å². The highest BCUT2D eigenvalue weighted by Gasteiger charge is 2.23. The second-order valence-electron chi connectivity index (χ2n) is 7.40. The number of benzene rings is 1. The van der Waals surface area contributed by atoms with Crippen molar-refractivity contribution in [3.8, 4) is 17.4 Å². The number of nitrogens with zero attached hydrogens (tertiary/aromatic N) is 4. The van der Waals surface area contributed by atoms with Crippen molar-refractivity contribution in [3.05, 3.63) is 42.7 Å². The lowest BCUT2D eigenvalue weighted by molar-refractivity contribution is -0.117. The molecule has 5 rings (SSSR count). The largest absolute Gasteiger partial charge is 0.486 e. The highest BCUT2D eigenvalue weighted by atomic mass is 16.6. The molecule has 2 aliphatic heterocycles. The Balaban J connectivity index is 1.10. The van der Waals surface area contributed by atoms with Crippen molar-refractivity contribution in [2.75, 3.05) is 38.2 Å². The quantitative estimate of drug-likeness (QED) is 0.689. The third-order valence-corrected chi connectivity index (χ3v) is 5.25. The molecule has 156 valence electrons. The normalized spacial score (nSPS) is 17.1. The average molecular weight is 409 g/mol. The summed E-state index contributed by atoms with van der Waals surface area (Å²) < 4.78 is 18.8. The number of nitrogens with one attached hydrogen (secondary N) is 1. The zero-order chi connectivity index (χ0) is 20.3. The maximum Gasteiger partial charge on any atom is 0.238 e. The molecular weight excluding hydrogens is 386 g/mol. The highest BCUT2D eigenvalue weighted by Crippen LogP contribution is 2.32. The Morgan fingerprint density at radius 2 is 1.97 bits per heavy atom. The minimum absolute atomic E-state index is 0.0427. The molecule has 0 spiro atoms. The Bertz CT molecular complexity index is 1040. The van der Waals surface area contributed by atoms with Crippen LogP contribution < -0.4 is 19.5 Å². The van der Waals surface area contributed by atoms with Crippen LogP contribution in [-0.2, 0) is 4.79 Å². The Kier molecular flexibility index (Phi) is 5.10. The predicted molar refractivity (Wildman–Crippen MR) is 109 cm³/mol. The van der Waals surface area contributed by atoms with Gasteiger partial charge >= 0.3 is 0 Å². The van der Waals surface area contributed by atoms with Crippen molar-refractivity contribution < 1.29 is 19.0 Å². The van der Waals surface area contributed by atoms with Crippen molar-refractivity contribution >= 4 is 17.2 Å². The van der Waals surface area contributed by atoms with Crippen LogP contribution in [0.2, 0.25) is 0 Å². The number of ether oxygens (including phenoxy) is 3. The van der Waals surface area contributed by atoms with Gasteiger partial charge in [0.05, 0.1) is 12.7 Å². The summed E-state index contributed by atoms with van der Waals surface area (Å²) in [6.45, 7) is 3.02. The van der Waals surface area contributed by atoms with Crippen LogP contribution in [0.3, 0.4) is 0 Å². The fourth-order valence-corrected chi connectivity index (χ4v) is 3.74. The number of carbonyl (C=O) groups excluding carboxylic acids is 1. The zero-order valence-electron chi connectivity index (χ0n) is 16.5. The number of aromatic nitrogens is 3. The molecule has 1 aromatic carbocycles. The monoisotopic (exact) mass is 409 g/mol. The van der Waals surface area contributed by atoms with Crippen molar-refractivity contribution in [3.63, 3.8) is 0 Å². The van der Waals surface area contributed by atoms with E-state index in [1.807, 2.05) is 30.5 Å². The van der Waals surface area contributed by atoms with E-state index < -0.39 is 0 Å². The zero-order valence-corrected chi connectivity index (χ0v) is 16.5. The van der Waals surface area contributed by atoms with Gasteiger partial charge in [0.25, 0.3) is 0 Å². The number of piperidine rings is 1.